The monoisotopic (exact) mass is 310 g/mol. The van der Waals surface area contributed by atoms with Gasteiger partial charge < -0.3 is 10.4 Å². The summed E-state index contributed by atoms with van der Waals surface area (Å²) in [5, 5.41) is 10.9. The number of halogens is 2. The van der Waals surface area contributed by atoms with Crippen LogP contribution in [0.4, 0.5) is 8.78 Å². The lowest BCUT2D eigenvalue weighted by atomic mass is 10.3. The van der Waals surface area contributed by atoms with Crippen LogP contribution in [0.3, 0.4) is 0 Å². The van der Waals surface area contributed by atoms with E-state index in [4.69, 9.17) is 5.11 Å². The van der Waals surface area contributed by atoms with E-state index in [-0.39, 0.29) is 29.6 Å². The van der Waals surface area contributed by atoms with Crippen molar-refractivity contribution in [2.24, 2.45) is 0 Å². The SMILES string of the molecule is Cc1nc(SC(F)F)sc1CC(=O)NCCC(=O)O. The topological polar surface area (TPSA) is 79.3 Å². The maximum absolute atomic E-state index is 12.2. The highest BCUT2D eigenvalue weighted by Crippen LogP contribution is 2.31. The van der Waals surface area contributed by atoms with Crippen LogP contribution in [0.15, 0.2) is 4.34 Å². The van der Waals surface area contributed by atoms with Crippen molar-refractivity contribution in [2.75, 3.05) is 6.54 Å². The number of hydrogen-bond acceptors (Lipinski definition) is 5. The fourth-order valence-corrected chi connectivity index (χ4v) is 3.05. The smallest absolute Gasteiger partial charge is 0.305 e. The van der Waals surface area contributed by atoms with Crippen LogP contribution in [0.1, 0.15) is 17.0 Å². The maximum atomic E-state index is 12.2. The molecule has 1 rings (SSSR count). The summed E-state index contributed by atoms with van der Waals surface area (Å²) in [5.74, 6) is -3.88. The van der Waals surface area contributed by atoms with Crippen molar-refractivity contribution < 1.29 is 23.5 Å². The molecule has 19 heavy (non-hydrogen) atoms. The summed E-state index contributed by atoms with van der Waals surface area (Å²) in [6.07, 6.45) is -0.132. The van der Waals surface area contributed by atoms with Gasteiger partial charge in [-0.1, -0.05) is 0 Å². The van der Waals surface area contributed by atoms with Crippen molar-refractivity contribution in [3.63, 3.8) is 0 Å². The lowest BCUT2D eigenvalue weighted by Gasteiger charge is -2.02. The number of aliphatic carboxylic acids is 1. The van der Waals surface area contributed by atoms with Gasteiger partial charge in [0.2, 0.25) is 5.91 Å². The summed E-state index contributed by atoms with van der Waals surface area (Å²) in [5.41, 5.74) is 0.543. The normalized spacial score (nSPS) is 10.7. The van der Waals surface area contributed by atoms with Gasteiger partial charge in [-0.3, -0.25) is 9.59 Å². The van der Waals surface area contributed by atoms with E-state index >= 15 is 0 Å². The zero-order chi connectivity index (χ0) is 14.4. The molecule has 1 heterocycles. The second-order valence-corrected chi connectivity index (χ2v) is 5.86. The molecule has 1 aromatic rings. The van der Waals surface area contributed by atoms with E-state index in [0.29, 0.717) is 22.3 Å². The first-order chi connectivity index (χ1) is 8.88. The molecule has 0 unspecified atom stereocenters. The predicted molar refractivity (Wildman–Crippen MR) is 67.7 cm³/mol. The van der Waals surface area contributed by atoms with Gasteiger partial charge >= 0.3 is 5.97 Å². The summed E-state index contributed by atoms with van der Waals surface area (Å²) in [6.45, 7) is 1.69. The Kier molecular flexibility index (Phi) is 6.16. The number of nitrogens with one attached hydrogen (secondary N) is 1. The largest absolute Gasteiger partial charge is 0.481 e. The Labute approximate surface area is 116 Å². The molecule has 0 aliphatic rings. The van der Waals surface area contributed by atoms with Gasteiger partial charge in [-0.25, -0.2) is 4.98 Å². The standard InChI is InChI=1S/C10H12F2N2O3S2/c1-5-6(18-10(14-5)19-9(11)12)4-7(15)13-3-2-8(16)17/h9H,2-4H2,1H3,(H,13,15)(H,16,17). The summed E-state index contributed by atoms with van der Waals surface area (Å²) >= 11 is 1.40. The second-order valence-electron chi connectivity index (χ2n) is 3.54. The third-order valence-electron chi connectivity index (χ3n) is 2.05. The number of carboxylic acid groups (broad SMARTS) is 1. The van der Waals surface area contributed by atoms with E-state index in [1.165, 1.54) is 0 Å². The highest BCUT2D eigenvalue weighted by molar-refractivity contribution is 8.01. The molecule has 5 nitrogen and oxygen atoms in total. The minimum Gasteiger partial charge on any atom is -0.481 e. The van der Waals surface area contributed by atoms with E-state index in [1.807, 2.05) is 0 Å². The van der Waals surface area contributed by atoms with Gasteiger partial charge in [0.25, 0.3) is 5.76 Å². The number of hydrogen-bond donors (Lipinski definition) is 2. The Balaban J connectivity index is 2.49. The lowest BCUT2D eigenvalue weighted by Crippen LogP contribution is -2.27. The molecular weight excluding hydrogens is 298 g/mol. The highest BCUT2D eigenvalue weighted by Gasteiger charge is 2.15. The first-order valence-electron chi connectivity index (χ1n) is 5.28. The van der Waals surface area contributed by atoms with Crippen LogP contribution < -0.4 is 5.32 Å². The number of thiazole rings is 1. The van der Waals surface area contributed by atoms with Gasteiger partial charge in [0, 0.05) is 11.4 Å². The summed E-state index contributed by atoms with van der Waals surface area (Å²) in [7, 11) is 0. The Morgan fingerprint density at radius 3 is 2.79 bits per heavy atom. The van der Waals surface area contributed by atoms with Crippen LogP contribution in [0, 0.1) is 6.92 Å². The Morgan fingerprint density at radius 1 is 1.53 bits per heavy atom. The van der Waals surface area contributed by atoms with E-state index < -0.39 is 11.7 Å². The predicted octanol–water partition coefficient (Wildman–Crippen LogP) is 1.90. The zero-order valence-corrected chi connectivity index (χ0v) is 11.6. The fourth-order valence-electron chi connectivity index (χ4n) is 1.21. The van der Waals surface area contributed by atoms with Crippen molar-refractivity contribution in [2.45, 2.75) is 29.9 Å². The number of thioether (sulfide) groups is 1. The minimum atomic E-state index is -2.54. The molecule has 1 aromatic heterocycles. The zero-order valence-electron chi connectivity index (χ0n) is 9.98. The van der Waals surface area contributed by atoms with Crippen molar-refractivity contribution in [3.8, 4) is 0 Å². The maximum Gasteiger partial charge on any atom is 0.305 e. The molecule has 0 aromatic carbocycles. The van der Waals surface area contributed by atoms with Gasteiger partial charge in [-0.2, -0.15) is 8.78 Å². The van der Waals surface area contributed by atoms with Gasteiger partial charge in [-0.15, -0.1) is 11.3 Å². The van der Waals surface area contributed by atoms with Crippen molar-refractivity contribution in [3.05, 3.63) is 10.6 Å². The Hall–Kier alpha value is -1.22. The molecule has 0 spiro atoms. The minimum absolute atomic E-state index is 0.0208. The van der Waals surface area contributed by atoms with Crippen molar-refractivity contribution >= 4 is 35.0 Å². The van der Waals surface area contributed by atoms with Gasteiger partial charge in [-0.05, 0) is 18.7 Å². The third-order valence-corrected chi connectivity index (χ3v) is 4.01. The van der Waals surface area contributed by atoms with E-state index in [0.717, 1.165) is 11.3 Å². The van der Waals surface area contributed by atoms with Crippen LogP contribution in [0.5, 0.6) is 0 Å². The second kappa shape index (κ2) is 7.39. The molecular formula is C10H12F2N2O3S2. The van der Waals surface area contributed by atoms with E-state index in [1.54, 1.807) is 6.92 Å². The van der Waals surface area contributed by atoms with Crippen molar-refractivity contribution in [1.82, 2.24) is 10.3 Å². The number of carbonyl (C=O) groups excluding carboxylic acids is 1. The lowest BCUT2D eigenvalue weighted by molar-refractivity contribution is -0.136. The fraction of sp³-hybridized carbons (Fsp3) is 0.500. The van der Waals surface area contributed by atoms with Crippen LogP contribution in [-0.2, 0) is 16.0 Å². The number of alkyl halides is 2. The number of amides is 1. The molecule has 1 amide bonds. The number of nitrogens with zero attached hydrogens (tertiary/aromatic N) is 1. The van der Waals surface area contributed by atoms with Crippen molar-refractivity contribution in [1.29, 1.82) is 0 Å². The molecule has 0 atom stereocenters. The molecule has 106 valence electrons. The molecule has 0 bridgehead atoms. The molecule has 0 saturated carbocycles. The van der Waals surface area contributed by atoms with Gasteiger partial charge in [0.1, 0.15) is 0 Å². The van der Waals surface area contributed by atoms with E-state index in [9.17, 15) is 18.4 Å². The molecule has 0 saturated heterocycles. The highest BCUT2D eigenvalue weighted by atomic mass is 32.2. The number of aryl methyl sites for hydroxylation is 1. The van der Waals surface area contributed by atoms with E-state index in [2.05, 4.69) is 10.3 Å². The van der Waals surface area contributed by atoms with Crippen LogP contribution >= 0.6 is 23.1 Å². The first-order valence-corrected chi connectivity index (χ1v) is 6.97. The molecule has 0 aliphatic heterocycles. The molecule has 2 N–H and O–H groups in total. The third kappa shape index (κ3) is 5.97. The Bertz CT molecular complexity index is 466. The average molecular weight is 310 g/mol. The number of aromatic nitrogens is 1. The average Bonchev–Trinajstić information content (AvgIpc) is 2.57. The molecule has 0 fully saturated rings. The molecule has 0 radical (unpaired) electrons. The summed E-state index contributed by atoms with van der Waals surface area (Å²) in [4.78, 5) is 26.3. The molecule has 9 heteroatoms. The van der Waals surface area contributed by atoms with Crippen LogP contribution in [-0.4, -0.2) is 34.3 Å². The number of rotatable bonds is 7. The summed E-state index contributed by atoms with van der Waals surface area (Å²) in [6, 6.07) is 0. The Morgan fingerprint density at radius 2 is 2.21 bits per heavy atom. The van der Waals surface area contributed by atoms with Gasteiger partial charge in [0.05, 0.1) is 18.5 Å². The quantitative estimate of drug-likeness (QED) is 0.752. The first kappa shape index (κ1) is 15.8. The van der Waals surface area contributed by atoms with Gasteiger partial charge in [0.15, 0.2) is 4.34 Å². The van der Waals surface area contributed by atoms with Crippen LogP contribution in [0.25, 0.3) is 0 Å². The molecule has 0 aliphatic carbocycles. The van der Waals surface area contributed by atoms with Crippen LogP contribution in [0.2, 0.25) is 0 Å². The number of carbonyl (C=O) groups is 2. The number of carboxylic acids is 1. The summed E-state index contributed by atoms with van der Waals surface area (Å²) < 4.78 is 24.5.